The standard InChI is InChI=1S/C17H26FNO2/c18-16-13(5-4-6-14(16)15(20)8-12-19)7-11-17(21)9-2-1-3-10-17/h4-6,15,20-21H,1-3,7-12,19H2. The van der Waals surface area contributed by atoms with E-state index in [4.69, 9.17) is 5.73 Å². The number of halogens is 1. The maximum atomic E-state index is 14.4. The maximum Gasteiger partial charge on any atom is 0.132 e. The van der Waals surface area contributed by atoms with Gasteiger partial charge in [-0.15, -0.1) is 0 Å². The van der Waals surface area contributed by atoms with Gasteiger partial charge in [0.05, 0.1) is 11.7 Å². The monoisotopic (exact) mass is 295 g/mol. The molecule has 1 aromatic rings. The summed E-state index contributed by atoms with van der Waals surface area (Å²) < 4.78 is 14.4. The van der Waals surface area contributed by atoms with Gasteiger partial charge in [0.25, 0.3) is 0 Å². The zero-order valence-corrected chi connectivity index (χ0v) is 12.5. The van der Waals surface area contributed by atoms with E-state index in [0.717, 1.165) is 25.7 Å². The van der Waals surface area contributed by atoms with E-state index >= 15 is 0 Å². The second kappa shape index (κ2) is 7.34. The zero-order valence-electron chi connectivity index (χ0n) is 12.5. The fraction of sp³-hybridized carbons (Fsp3) is 0.647. The van der Waals surface area contributed by atoms with Crippen LogP contribution in [0.25, 0.3) is 0 Å². The Bertz CT molecular complexity index is 458. The van der Waals surface area contributed by atoms with E-state index in [9.17, 15) is 14.6 Å². The van der Waals surface area contributed by atoms with Gasteiger partial charge in [-0.2, -0.15) is 0 Å². The summed E-state index contributed by atoms with van der Waals surface area (Å²) in [6.45, 7) is 0.324. The summed E-state index contributed by atoms with van der Waals surface area (Å²) in [6, 6.07) is 5.10. The topological polar surface area (TPSA) is 66.5 Å². The number of hydrogen-bond donors (Lipinski definition) is 3. The van der Waals surface area contributed by atoms with Crippen molar-refractivity contribution in [2.45, 2.75) is 63.1 Å². The van der Waals surface area contributed by atoms with Crippen molar-refractivity contribution in [3.05, 3.63) is 35.1 Å². The third-order valence-electron chi connectivity index (χ3n) is 4.55. The summed E-state index contributed by atoms with van der Waals surface area (Å²) in [5, 5.41) is 20.4. The lowest BCUT2D eigenvalue weighted by molar-refractivity contribution is -0.00357. The molecule has 3 nitrogen and oxygen atoms in total. The Morgan fingerprint density at radius 1 is 1.24 bits per heavy atom. The first-order chi connectivity index (χ1) is 10.1. The maximum absolute atomic E-state index is 14.4. The molecular formula is C17H26FNO2. The molecule has 1 aliphatic rings. The van der Waals surface area contributed by atoms with Crippen molar-refractivity contribution in [3.63, 3.8) is 0 Å². The van der Waals surface area contributed by atoms with Crippen LogP contribution in [0.5, 0.6) is 0 Å². The lowest BCUT2D eigenvalue weighted by Gasteiger charge is -2.32. The average molecular weight is 295 g/mol. The molecule has 0 bridgehead atoms. The van der Waals surface area contributed by atoms with Crippen molar-refractivity contribution in [1.82, 2.24) is 0 Å². The second-order valence-electron chi connectivity index (χ2n) is 6.20. The van der Waals surface area contributed by atoms with Crippen LogP contribution in [0.15, 0.2) is 18.2 Å². The summed E-state index contributed by atoms with van der Waals surface area (Å²) >= 11 is 0. The summed E-state index contributed by atoms with van der Waals surface area (Å²) in [5.41, 5.74) is 5.66. The lowest BCUT2D eigenvalue weighted by Crippen LogP contribution is -2.31. The number of hydrogen-bond acceptors (Lipinski definition) is 3. The summed E-state index contributed by atoms with van der Waals surface area (Å²) in [4.78, 5) is 0. The normalized spacial score (nSPS) is 19.4. The van der Waals surface area contributed by atoms with Crippen LogP contribution in [-0.4, -0.2) is 22.4 Å². The van der Waals surface area contributed by atoms with Crippen molar-refractivity contribution < 1.29 is 14.6 Å². The van der Waals surface area contributed by atoms with Gasteiger partial charge in [-0.25, -0.2) is 4.39 Å². The largest absolute Gasteiger partial charge is 0.390 e. The summed E-state index contributed by atoms with van der Waals surface area (Å²) in [6.07, 6.45) is 5.48. The van der Waals surface area contributed by atoms with Crippen LogP contribution in [0.3, 0.4) is 0 Å². The highest BCUT2D eigenvalue weighted by Crippen LogP contribution is 2.32. The van der Waals surface area contributed by atoms with Crippen LogP contribution in [-0.2, 0) is 6.42 Å². The molecule has 0 aliphatic heterocycles. The Hall–Kier alpha value is -0.970. The Morgan fingerprint density at radius 3 is 2.62 bits per heavy atom. The first-order valence-corrected chi connectivity index (χ1v) is 7.93. The van der Waals surface area contributed by atoms with Gasteiger partial charge < -0.3 is 15.9 Å². The highest BCUT2D eigenvalue weighted by atomic mass is 19.1. The molecule has 1 unspecified atom stereocenters. The molecule has 0 spiro atoms. The molecule has 0 amide bonds. The molecule has 0 saturated heterocycles. The Kier molecular flexibility index (Phi) is 5.73. The predicted molar refractivity (Wildman–Crippen MR) is 81.4 cm³/mol. The highest BCUT2D eigenvalue weighted by molar-refractivity contribution is 5.28. The van der Waals surface area contributed by atoms with Gasteiger partial charge in [-0.05, 0) is 44.2 Å². The van der Waals surface area contributed by atoms with Crippen molar-refractivity contribution in [3.8, 4) is 0 Å². The van der Waals surface area contributed by atoms with E-state index in [1.54, 1.807) is 18.2 Å². The average Bonchev–Trinajstić information content (AvgIpc) is 2.47. The van der Waals surface area contributed by atoms with Gasteiger partial charge in [-0.3, -0.25) is 0 Å². The van der Waals surface area contributed by atoms with E-state index in [2.05, 4.69) is 0 Å². The highest BCUT2D eigenvalue weighted by Gasteiger charge is 2.29. The van der Waals surface area contributed by atoms with Crippen LogP contribution in [0, 0.1) is 5.82 Å². The van der Waals surface area contributed by atoms with E-state index in [1.807, 2.05) is 0 Å². The van der Waals surface area contributed by atoms with Crippen LogP contribution in [0.1, 0.15) is 62.2 Å². The van der Waals surface area contributed by atoms with Crippen molar-refractivity contribution in [2.24, 2.45) is 5.73 Å². The second-order valence-corrected chi connectivity index (χ2v) is 6.20. The first-order valence-electron chi connectivity index (χ1n) is 7.93. The molecule has 2 rings (SSSR count). The molecule has 1 atom stereocenters. The number of aliphatic hydroxyl groups is 2. The number of rotatable bonds is 6. The number of benzene rings is 1. The molecule has 1 aliphatic carbocycles. The zero-order chi connectivity index (χ0) is 15.3. The van der Waals surface area contributed by atoms with Gasteiger partial charge >= 0.3 is 0 Å². The molecule has 1 aromatic carbocycles. The van der Waals surface area contributed by atoms with Crippen molar-refractivity contribution in [1.29, 1.82) is 0 Å². The number of aryl methyl sites for hydroxylation is 1. The van der Waals surface area contributed by atoms with Crippen molar-refractivity contribution in [2.75, 3.05) is 6.54 Å². The fourth-order valence-corrected chi connectivity index (χ4v) is 3.19. The molecule has 118 valence electrons. The van der Waals surface area contributed by atoms with E-state index < -0.39 is 11.7 Å². The quantitative estimate of drug-likeness (QED) is 0.756. The molecule has 1 fully saturated rings. The molecular weight excluding hydrogens is 269 g/mol. The minimum absolute atomic E-state index is 0.314. The fourth-order valence-electron chi connectivity index (χ4n) is 3.19. The molecule has 4 heteroatoms. The SMILES string of the molecule is NCCC(O)c1cccc(CCC2(O)CCCCC2)c1F. The predicted octanol–water partition coefficient (Wildman–Crippen LogP) is 2.84. The molecule has 0 radical (unpaired) electrons. The minimum atomic E-state index is -0.854. The van der Waals surface area contributed by atoms with Gasteiger partial charge in [0.15, 0.2) is 0 Å². The van der Waals surface area contributed by atoms with Gasteiger partial charge in [-0.1, -0.05) is 37.5 Å². The Balaban J connectivity index is 2.04. The summed E-state index contributed by atoms with van der Waals surface area (Å²) in [7, 11) is 0. The third kappa shape index (κ3) is 4.25. The minimum Gasteiger partial charge on any atom is -0.390 e. The third-order valence-corrected chi connectivity index (χ3v) is 4.55. The van der Waals surface area contributed by atoms with E-state index in [-0.39, 0.29) is 5.82 Å². The molecule has 4 N–H and O–H groups in total. The first kappa shape index (κ1) is 16.4. The van der Waals surface area contributed by atoms with Gasteiger partial charge in [0.1, 0.15) is 5.82 Å². The number of nitrogens with two attached hydrogens (primary N) is 1. The van der Waals surface area contributed by atoms with Gasteiger partial charge in [0.2, 0.25) is 0 Å². The van der Waals surface area contributed by atoms with E-state index in [1.165, 1.54) is 6.42 Å². The molecule has 0 heterocycles. The molecule has 21 heavy (non-hydrogen) atoms. The Labute approximate surface area is 126 Å². The lowest BCUT2D eigenvalue weighted by atomic mass is 9.81. The van der Waals surface area contributed by atoms with Crippen LogP contribution >= 0.6 is 0 Å². The van der Waals surface area contributed by atoms with Crippen LogP contribution in [0.2, 0.25) is 0 Å². The van der Waals surface area contributed by atoms with Crippen LogP contribution < -0.4 is 5.73 Å². The van der Waals surface area contributed by atoms with Crippen LogP contribution in [0.4, 0.5) is 4.39 Å². The van der Waals surface area contributed by atoms with Crippen molar-refractivity contribution >= 4 is 0 Å². The Morgan fingerprint density at radius 2 is 1.95 bits per heavy atom. The van der Waals surface area contributed by atoms with Gasteiger partial charge in [0, 0.05) is 5.56 Å². The molecule has 0 aromatic heterocycles. The van der Waals surface area contributed by atoms with E-state index in [0.29, 0.717) is 36.9 Å². The summed E-state index contributed by atoms with van der Waals surface area (Å²) in [5.74, 6) is -0.349. The number of aliphatic hydroxyl groups excluding tert-OH is 1. The smallest absolute Gasteiger partial charge is 0.132 e. The molecule has 1 saturated carbocycles.